The van der Waals surface area contributed by atoms with Crippen LogP contribution in [0.2, 0.25) is 0 Å². The van der Waals surface area contributed by atoms with Crippen LogP contribution in [0.3, 0.4) is 0 Å². The Morgan fingerprint density at radius 2 is 1.61 bits per heavy atom. The summed E-state index contributed by atoms with van der Waals surface area (Å²) in [6.07, 6.45) is -1.78. The fourth-order valence-corrected chi connectivity index (χ4v) is 4.83. The van der Waals surface area contributed by atoms with Crippen LogP contribution in [0.1, 0.15) is 42.7 Å². The van der Waals surface area contributed by atoms with Crippen molar-refractivity contribution in [1.82, 2.24) is 4.72 Å². The lowest BCUT2D eigenvalue weighted by Gasteiger charge is -2.29. The van der Waals surface area contributed by atoms with Gasteiger partial charge in [-0.05, 0) is 79.3 Å². The highest BCUT2D eigenvalue weighted by molar-refractivity contribution is 8.09. The van der Waals surface area contributed by atoms with E-state index in [1.807, 2.05) is 36.4 Å². The van der Waals surface area contributed by atoms with E-state index in [2.05, 4.69) is 27.7 Å². The van der Waals surface area contributed by atoms with Gasteiger partial charge in [-0.2, -0.15) is 19.1 Å². The fraction of sp³-hybridized carbons (Fsp3) is 0.276. The highest BCUT2D eigenvalue weighted by Crippen LogP contribution is 2.38. The third-order valence-corrected chi connectivity index (χ3v) is 6.98. The molecule has 4 rings (SSSR count). The summed E-state index contributed by atoms with van der Waals surface area (Å²) in [5.74, 6) is 3.46. The molecule has 44 heavy (non-hydrogen) atoms. The second-order valence-corrected chi connectivity index (χ2v) is 10.4. The number of anilines is 1. The predicted octanol–water partition coefficient (Wildman–Crippen LogP) is 7.21. The number of benzene rings is 3. The lowest BCUT2D eigenvalue weighted by Crippen LogP contribution is -2.28. The first-order chi connectivity index (χ1) is 21.0. The van der Waals surface area contributed by atoms with Crippen LogP contribution in [0, 0.1) is 11.7 Å². The molecular weight excluding hydrogens is 626 g/mol. The van der Waals surface area contributed by atoms with Gasteiger partial charge in [0.05, 0.1) is 11.3 Å². The minimum absolute atomic E-state index is 0.126. The van der Waals surface area contributed by atoms with Gasteiger partial charge in [-0.15, -0.1) is 0 Å². The monoisotopic (exact) mass is 657 g/mol. The number of rotatable bonds is 6. The molecular formula is C29H31F4N3O6S2. The van der Waals surface area contributed by atoms with E-state index in [0.717, 1.165) is 41.7 Å². The van der Waals surface area contributed by atoms with Crippen molar-refractivity contribution in [3.8, 4) is 16.9 Å². The van der Waals surface area contributed by atoms with Gasteiger partial charge in [0, 0.05) is 5.92 Å². The van der Waals surface area contributed by atoms with Crippen molar-refractivity contribution in [2.45, 2.75) is 37.8 Å². The Morgan fingerprint density at radius 1 is 1.05 bits per heavy atom. The molecule has 9 nitrogen and oxygen atoms in total. The number of nitrogens with two attached hydrogens (primary N) is 1. The van der Waals surface area contributed by atoms with Gasteiger partial charge < -0.3 is 19.4 Å². The Balaban J connectivity index is 0.00000104. The molecule has 238 valence electrons. The van der Waals surface area contributed by atoms with Crippen molar-refractivity contribution in [2.24, 2.45) is 11.8 Å². The first-order valence-electron chi connectivity index (χ1n) is 13.0. The number of hydrogen-bond acceptors (Lipinski definition) is 9. The summed E-state index contributed by atoms with van der Waals surface area (Å²) in [4.78, 5) is 36.2. The van der Waals surface area contributed by atoms with Crippen LogP contribution in [0.25, 0.3) is 11.1 Å². The zero-order chi connectivity index (χ0) is 32.7. The third-order valence-electron chi connectivity index (χ3n) is 6.47. The van der Waals surface area contributed by atoms with E-state index < -0.39 is 28.8 Å². The summed E-state index contributed by atoms with van der Waals surface area (Å²) < 4.78 is 60.2. The molecule has 0 radical (unpaired) electrons. The summed E-state index contributed by atoms with van der Waals surface area (Å²) >= 11 is 4.02. The van der Waals surface area contributed by atoms with Gasteiger partial charge in [-0.1, -0.05) is 55.6 Å². The van der Waals surface area contributed by atoms with E-state index in [0.29, 0.717) is 36.7 Å². The van der Waals surface area contributed by atoms with Gasteiger partial charge in [-0.25, -0.2) is 9.18 Å². The lowest BCUT2D eigenvalue weighted by molar-refractivity contribution is -0.137. The van der Waals surface area contributed by atoms with Gasteiger partial charge in [0.15, 0.2) is 12.0 Å². The number of amides is 1. The van der Waals surface area contributed by atoms with E-state index in [1.54, 1.807) is 19.2 Å². The maximum absolute atomic E-state index is 14.2. The minimum atomic E-state index is -4.66. The van der Waals surface area contributed by atoms with Crippen LogP contribution in [0.4, 0.5) is 28.0 Å². The van der Waals surface area contributed by atoms with Crippen molar-refractivity contribution in [3.63, 3.8) is 0 Å². The van der Waals surface area contributed by atoms with Gasteiger partial charge in [0.25, 0.3) is 6.47 Å². The molecule has 1 amide bonds. The molecule has 1 aliphatic rings. The Kier molecular flexibility index (Phi) is 15.0. The van der Waals surface area contributed by atoms with Crippen LogP contribution in [0.5, 0.6) is 5.75 Å². The molecule has 3 aromatic rings. The summed E-state index contributed by atoms with van der Waals surface area (Å²) in [5, 5.41) is 8.58. The lowest BCUT2D eigenvalue weighted by atomic mass is 9.77. The Bertz CT molecular complexity index is 1360. The number of carbonyl (C=O) groups is 3. The molecule has 0 aliphatic heterocycles. The van der Waals surface area contributed by atoms with Crippen LogP contribution in [-0.4, -0.2) is 29.8 Å². The topological polar surface area (TPSA) is 140 Å². The molecule has 0 heterocycles. The van der Waals surface area contributed by atoms with E-state index >= 15 is 0 Å². The molecule has 0 bridgehead atoms. The molecule has 0 aromatic heterocycles. The largest absolute Gasteiger partial charge is 0.483 e. The van der Waals surface area contributed by atoms with Crippen LogP contribution >= 0.6 is 24.9 Å². The molecule has 2 atom stereocenters. The standard InChI is InChI=1S/C27H24F4N2O4S.CH5NS.CH2O2/c28-23-15-21(27(29,30)31)10-13-24(23)33-25(34)20-3-1-2-19(14-20)18-6-4-16(5-7-18)17-8-11-22(12-9-17)37-38-26(35)36-32;1-2-3;2-1-3/h4-13,15,19-20H,1-3,14,32H2,(H,33,34);2-3H,1H3;1H,(H,2,3). The van der Waals surface area contributed by atoms with Crippen LogP contribution in [-0.2, 0) is 20.6 Å². The van der Waals surface area contributed by atoms with E-state index in [9.17, 15) is 27.2 Å². The van der Waals surface area contributed by atoms with Crippen molar-refractivity contribution < 1.29 is 46.1 Å². The molecule has 0 saturated heterocycles. The number of thiol groups is 1. The van der Waals surface area contributed by atoms with E-state index in [-0.39, 0.29) is 24.0 Å². The van der Waals surface area contributed by atoms with Crippen molar-refractivity contribution >= 4 is 48.2 Å². The zero-order valence-corrected chi connectivity index (χ0v) is 25.1. The van der Waals surface area contributed by atoms with Gasteiger partial charge in [-0.3, -0.25) is 14.3 Å². The van der Waals surface area contributed by atoms with Gasteiger partial charge in [0.2, 0.25) is 5.91 Å². The molecule has 0 spiro atoms. The summed E-state index contributed by atoms with van der Waals surface area (Å²) in [7, 11) is 1.74. The SMILES string of the molecule is CNS.NOC(=O)SOc1ccc(-c2ccc(C3CCCC(C(=O)Nc4ccc(C(F)(F)F)cc4F)C3)cc2)cc1.O=CO. The van der Waals surface area contributed by atoms with Crippen molar-refractivity contribution in [1.29, 1.82) is 0 Å². The van der Waals surface area contributed by atoms with Gasteiger partial charge in [0.1, 0.15) is 11.6 Å². The number of halogens is 4. The average molecular weight is 658 g/mol. The Labute approximate surface area is 261 Å². The van der Waals surface area contributed by atoms with E-state index in [1.165, 1.54) is 0 Å². The maximum atomic E-state index is 14.2. The first-order valence-corrected chi connectivity index (χ1v) is 14.2. The quantitative estimate of drug-likeness (QED) is 0.0612. The number of carbonyl (C=O) groups excluding carboxylic acids is 2. The van der Waals surface area contributed by atoms with Crippen LogP contribution in [0.15, 0.2) is 66.7 Å². The molecule has 15 heteroatoms. The number of carboxylic acid groups (broad SMARTS) is 1. The summed E-state index contributed by atoms with van der Waals surface area (Å²) in [5.41, 5.74) is 1.62. The highest BCUT2D eigenvalue weighted by Gasteiger charge is 2.32. The second kappa shape index (κ2) is 18.1. The normalized spacial score (nSPS) is 15.8. The van der Waals surface area contributed by atoms with Crippen molar-refractivity contribution in [3.05, 3.63) is 83.7 Å². The molecule has 1 fully saturated rings. The second-order valence-electron chi connectivity index (χ2n) is 9.25. The molecule has 2 unspecified atom stereocenters. The van der Waals surface area contributed by atoms with E-state index in [4.69, 9.17) is 20.0 Å². The molecule has 1 aliphatic carbocycles. The van der Waals surface area contributed by atoms with Gasteiger partial charge >= 0.3 is 11.5 Å². The molecule has 5 N–H and O–H groups in total. The Hall–Kier alpha value is -3.79. The average Bonchev–Trinajstić information content (AvgIpc) is 3.01. The first kappa shape index (κ1) is 36.4. The summed E-state index contributed by atoms with van der Waals surface area (Å²) in [6, 6.07) is 17.2. The van der Waals surface area contributed by atoms with Crippen LogP contribution < -0.4 is 20.1 Å². The molecule has 3 aromatic carbocycles. The summed E-state index contributed by atoms with van der Waals surface area (Å²) in [6.45, 7) is -0.250. The highest BCUT2D eigenvalue weighted by atomic mass is 32.2. The fourth-order valence-electron chi connectivity index (χ4n) is 4.51. The predicted molar refractivity (Wildman–Crippen MR) is 162 cm³/mol. The Morgan fingerprint density at radius 3 is 2.14 bits per heavy atom. The zero-order valence-electron chi connectivity index (χ0n) is 23.3. The maximum Gasteiger partial charge on any atom is 0.425 e. The number of nitrogens with one attached hydrogen (secondary N) is 2. The minimum Gasteiger partial charge on any atom is -0.483 e. The smallest absolute Gasteiger partial charge is 0.425 e. The third kappa shape index (κ3) is 11.4. The number of hydrogen-bond donors (Lipinski definition) is 5. The molecule has 1 saturated carbocycles. The number of alkyl halides is 3. The van der Waals surface area contributed by atoms with Crippen molar-refractivity contribution in [2.75, 3.05) is 12.4 Å².